The lowest BCUT2D eigenvalue weighted by Gasteiger charge is -2.25. The molecule has 1 saturated heterocycles. The maximum absolute atomic E-state index is 15.2. The highest BCUT2D eigenvalue weighted by Crippen LogP contribution is 2.46. The standard InChI is InChI=1S/C13H18FN4O6P/c1-6(24-25(20,21)22)8-9(19)13(2,14)12(23-8)18-4-3-7-10(15)16-5-17-11(7)18/h3-6,8-9,12,19H,1-2H3,(H2,15,16,17)(H2,20,21,22)/t6?,8-,9-,12?,13-/m1/s1. The fraction of sp³-hybridized carbons (Fsp3) is 0.538. The van der Waals surface area contributed by atoms with Gasteiger partial charge in [0.25, 0.3) is 0 Å². The molecule has 3 rings (SSSR count). The molecule has 0 bridgehead atoms. The van der Waals surface area contributed by atoms with Gasteiger partial charge in [-0.3, -0.25) is 4.52 Å². The summed E-state index contributed by atoms with van der Waals surface area (Å²) in [4.78, 5) is 25.7. The Hall–Kier alpha value is -1.62. The quantitative estimate of drug-likeness (QED) is 0.559. The molecule has 0 aliphatic carbocycles. The maximum Gasteiger partial charge on any atom is 0.469 e. The number of rotatable bonds is 4. The van der Waals surface area contributed by atoms with Crippen molar-refractivity contribution < 1.29 is 33.1 Å². The minimum Gasteiger partial charge on any atom is -0.387 e. The number of alkyl halides is 1. The molecule has 138 valence electrons. The van der Waals surface area contributed by atoms with Crippen molar-refractivity contribution in [3.05, 3.63) is 18.6 Å². The predicted octanol–water partition coefficient (Wildman–Crippen LogP) is 0.498. The second-order valence-corrected chi connectivity index (χ2v) is 7.26. The van der Waals surface area contributed by atoms with Crippen molar-refractivity contribution in [3.8, 4) is 0 Å². The molecule has 2 aromatic heterocycles. The number of phosphoric acid groups is 1. The third-order valence-electron chi connectivity index (χ3n) is 4.22. The van der Waals surface area contributed by atoms with Crippen LogP contribution in [0.5, 0.6) is 0 Å². The Bertz CT molecular complexity index is 839. The molecule has 5 atom stereocenters. The van der Waals surface area contributed by atoms with Gasteiger partial charge in [0.2, 0.25) is 0 Å². The van der Waals surface area contributed by atoms with Gasteiger partial charge < -0.3 is 29.9 Å². The fourth-order valence-corrected chi connectivity index (χ4v) is 3.54. The number of nitrogen functional groups attached to an aromatic ring is 1. The van der Waals surface area contributed by atoms with E-state index in [1.165, 1.54) is 24.0 Å². The highest BCUT2D eigenvalue weighted by Gasteiger charge is 2.57. The number of hydrogen-bond donors (Lipinski definition) is 4. The van der Waals surface area contributed by atoms with Crippen molar-refractivity contribution in [2.75, 3.05) is 5.73 Å². The Labute approximate surface area is 141 Å². The van der Waals surface area contributed by atoms with E-state index in [0.29, 0.717) is 11.0 Å². The van der Waals surface area contributed by atoms with Gasteiger partial charge in [-0.15, -0.1) is 0 Å². The molecule has 12 heteroatoms. The number of halogens is 1. The van der Waals surface area contributed by atoms with E-state index >= 15 is 4.39 Å². The summed E-state index contributed by atoms with van der Waals surface area (Å²) < 4.78 is 37.6. The molecule has 5 N–H and O–H groups in total. The summed E-state index contributed by atoms with van der Waals surface area (Å²) in [7, 11) is -4.83. The topological polar surface area (TPSA) is 153 Å². The molecule has 2 aromatic rings. The minimum atomic E-state index is -4.83. The van der Waals surface area contributed by atoms with E-state index in [0.717, 1.165) is 6.92 Å². The molecule has 10 nitrogen and oxygen atoms in total. The van der Waals surface area contributed by atoms with Crippen molar-refractivity contribution in [2.24, 2.45) is 0 Å². The predicted molar refractivity (Wildman–Crippen MR) is 84.0 cm³/mol. The van der Waals surface area contributed by atoms with Gasteiger partial charge in [0, 0.05) is 6.20 Å². The van der Waals surface area contributed by atoms with Gasteiger partial charge in [0.15, 0.2) is 11.9 Å². The van der Waals surface area contributed by atoms with Crippen molar-refractivity contribution in [3.63, 3.8) is 0 Å². The van der Waals surface area contributed by atoms with E-state index in [9.17, 15) is 9.67 Å². The van der Waals surface area contributed by atoms with Crippen LogP contribution in [0, 0.1) is 0 Å². The molecule has 3 heterocycles. The number of ether oxygens (including phenoxy) is 1. The number of anilines is 1. The van der Waals surface area contributed by atoms with Crippen LogP contribution in [0.3, 0.4) is 0 Å². The first-order chi connectivity index (χ1) is 11.5. The lowest BCUT2D eigenvalue weighted by atomic mass is 9.96. The van der Waals surface area contributed by atoms with Crippen molar-refractivity contribution in [1.82, 2.24) is 14.5 Å². The molecule has 25 heavy (non-hydrogen) atoms. The summed E-state index contributed by atoms with van der Waals surface area (Å²) in [5, 5.41) is 10.8. The number of nitrogens with two attached hydrogens (primary N) is 1. The number of fused-ring (bicyclic) bond motifs is 1. The highest BCUT2D eigenvalue weighted by atomic mass is 31.2. The largest absolute Gasteiger partial charge is 0.469 e. The molecular formula is C13H18FN4O6P. The minimum absolute atomic E-state index is 0.206. The lowest BCUT2D eigenvalue weighted by Crippen LogP contribution is -2.43. The molecule has 0 aromatic carbocycles. The van der Waals surface area contributed by atoms with Crippen LogP contribution in [0.15, 0.2) is 18.6 Å². The van der Waals surface area contributed by atoms with Crippen molar-refractivity contribution in [2.45, 2.75) is 44.1 Å². The molecule has 0 saturated carbocycles. The van der Waals surface area contributed by atoms with Crippen molar-refractivity contribution in [1.29, 1.82) is 0 Å². The Morgan fingerprint density at radius 2 is 2.20 bits per heavy atom. The van der Waals surface area contributed by atoms with Gasteiger partial charge in [-0.1, -0.05) is 0 Å². The van der Waals surface area contributed by atoms with Gasteiger partial charge in [-0.2, -0.15) is 0 Å². The van der Waals surface area contributed by atoms with Crippen LogP contribution in [0.25, 0.3) is 11.0 Å². The summed E-state index contributed by atoms with van der Waals surface area (Å²) in [6.45, 7) is 2.41. The molecule has 0 amide bonds. The first kappa shape index (κ1) is 18.2. The van der Waals surface area contributed by atoms with E-state index in [1.54, 1.807) is 6.07 Å². The van der Waals surface area contributed by atoms with Crippen LogP contribution in [0.1, 0.15) is 20.1 Å². The van der Waals surface area contributed by atoms with Gasteiger partial charge in [0.05, 0.1) is 11.5 Å². The number of aliphatic hydroxyl groups excluding tert-OH is 1. The van der Waals surface area contributed by atoms with Crippen LogP contribution in [-0.2, 0) is 13.8 Å². The SMILES string of the molecule is CC(OP(=O)(O)O)[C@H]1OC(n2ccc3c(N)ncnc32)[C@](C)(F)[C@@H]1O. The first-order valence-electron chi connectivity index (χ1n) is 7.36. The van der Waals surface area contributed by atoms with Gasteiger partial charge in [-0.25, -0.2) is 18.9 Å². The van der Waals surface area contributed by atoms with Gasteiger partial charge >= 0.3 is 7.82 Å². The summed E-state index contributed by atoms with van der Waals surface area (Å²) in [5.41, 5.74) is 3.78. The third-order valence-corrected chi connectivity index (χ3v) is 4.82. The third kappa shape index (κ3) is 3.14. The van der Waals surface area contributed by atoms with Crippen LogP contribution >= 0.6 is 7.82 Å². The summed E-state index contributed by atoms with van der Waals surface area (Å²) >= 11 is 0. The molecule has 1 fully saturated rings. The van der Waals surface area contributed by atoms with Gasteiger partial charge in [0.1, 0.15) is 30.0 Å². The number of nitrogens with zero attached hydrogens (tertiary/aromatic N) is 3. The van der Waals surface area contributed by atoms with Crippen LogP contribution in [0.4, 0.5) is 10.2 Å². The Balaban J connectivity index is 1.96. The zero-order valence-electron chi connectivity index (χ0n) is 13.4. The molecule has 2 unspecified atom stereocenters. The van der Waals surface area contributed by atoms with E-state index < -0.39 is 38.0 Å². The van der Waals surface area contributed by atoms with E-state index in [4.69, 9.17) is 20.3 Å². The molecular weight excluding hydrogens is 358 g/mol. The number of aromatic nitrogens is 3. The smallest absolute Gasteiger partial charge is 0.387 e. The van der Waals surface area contributed by atoms with E-state index in [1.807, 2.05) is 0 Å². The lowest BCUT2D eigenvalue weighted by molar-refractivity contribution is -0.0774. The van der Waals surface area contributed by atoms with Crippen LogP contribution < -0.4 is 5.73 Å². The molecule has 1 aliphatic rings. The number of hydrogen-bond acceptors (Lipinski definition) is 7. The van der Waals surface area contributed by atoms with E-state index in [-0.39, 0.29) is 5.82 Å². The Morgan fingerprint density at radius 3 is 2.84 bits per heavy atom. The average Bonchev–Trinajstić information content (AvgIpc) is 2.99. The van der Waals surface area contributed by atoms with E-state index in [2.05, 4.69) is 14.5 Å². The second kappa shape index (κ2) is 5.97. The second-order valence-electron chi connectivity index (χ2n) is 6.07. The van der Waals surface area contributed by atoms with Gasteiger partial charge in [-0.05, 0) is 19.9 Å². The Kier molecular flexibility index (Phi) is 4.34. The maximum atomic E-state index is 15.2. The van der Waals surface area contributed by atoms with Crippen LogP contribution in [0.2, 0.25) is 0 Å². The first-order valence-corrected chi connectivity index (χ1v) is 8.89. The number of phosphoric ester groups is 1. The normalized spacial score (nSPS) is 31.5. The monoisotopic (exact) mass is 376 g/mol. The summed E-state index contributed by atoms with van der Waals surface area (Å²) in [6, 6.07) is 1.58. The van der Waals surface area contributed by atoms with Crippen LogP contribution in [-0.4, -0.2) is 53.4 Å². The fourth-order valence-electron chi connectivity index (χ4n) is 2.98. The summed E-state index contributed by atoms with van der Waals surface area (Å²) in [5.74, 6) is 0.206. The Morgan fingerprint density at radius 1 is 1.52 bits per heavy atom. The average molecular weight is 376 g/mol. The zero-order chi connectivity index (χ0) is 18.6. The number of aliphatic hydroxyl groups is 1. The zero-order valence-corrected chi connectivity index (χ0v) is 14.2. The molecule has 0 radical (unpaired) electrons. The molecule has 1 aliphatic heterocycles. The van der Waals surface area contributed by atoms with Crippen molar-refractivity contribution >= 4 is 24.7 Å². The highest BCUT2D eigenvalue weighted by molar-refractivity contribution is 7.46. The molecule has 0 spiro atoms. The summed E-state index contributed by atoms with van der Waals surface area (Å²) in [6.07, 6.45) is -2.84.